The van der Waals surface area contributed by atoms with Crippen LogP contribution in [0.15, 0.2) is 35.4 Å². The summed E-state index contributed by atoms with van der Waals surface area (Å²) in [7, 11) is -0.996. The third-order valence-corrected chi connectivity index (χ3v) is 6.77. The average Bonchev–Trinajstić information content (AvgIpc) is 3.35. The second kappa shape index (κ2) is 10.2. The van der Waals surface area contributed by atoms with Crippen molar-refractivity contribution in [3.63, 3.8) is 0 Å². The maximum Gasteiger partial charge on any atom is 0.0912 e. The van der Waals surface area contributed by atoms with Gasteiger partial charge in [-0.2, -0.15) is 5.10 Å². The van der Waals surface area contributed by atoms with Gasteiger partial charge < -0.3 is 0 Å². The Morgan fingerprint density at radius 3 is 2.36 bits per heavy atom. The molecule has 140 valence electrons. The fourth-order valence-electron chi connectivity index (χ4n) is 3.23. The molecule has 0 bridgehead atoms. The Morgan fingerprint density at radius 1 is 1.00 bits per heavy atom. The number of unbranched alkanes of at least 4 members (excludes halogenated alkanes) is 5. The molecule has 1 atom stereocenters. The number of nitrogens with zero attached hydrogens (tertiary/aromatic N) is 2. The van der Waals surface area contributed by atoms with Crippen molar-refractivity contribution in [2.45, 2.75) is 90.0 Å². The summed E-state index contributed by atoms with van der Waals surface area (Å²) in [5.41, 5.74) is 2.87. The van der Waals surface area contributed by atoms with Crippen molar-refractivity contribution >= 4 is 13.8 Å². The molecular formula is C22H38N2Si. The van der Waals surface area contributed by atoms with Crippen LogP contribution in [0, 0.1) is 0 Å². The Morgan fingerprint density at radius 2 is 1.68 bits per heavy atom. The van der Waals surface area contributed by atoms with E-state index in [0.717, 1.165) is 6.54 Å². The minimum Gasteiger partial charge on any atom is -0.285 e. The van der Waals surface area contributed by atoms with Gasteiger partial charge in [0.2, 0.25) is 0 Å². The predicted octanol–water partition coefficient (Wildman–Crippen LogP) is 6.88. The zero-order valence-electron chi connectivity index (χ0n) is 16.9. The van der Waals surface area contributed by atoms with Gasteiger partial charge in [0.1, 0.15) is 0 Å². The maximum absolute atomic E-state index is 5.06. The molecule has 0 N–H and O–H groups in total. The molecule has 1 fully saturated rings. The van der Waals surface area contributed by atoms with Crippen LogP contribution < -0.4 is 0 Å². The smallest absolute Gasteiger partial charge is 0.0912 e. The summed E-state index contributed by atoms with van der Waals surface area (Å²) in [6, 6.07) is 12.7. The standard InChI is InChI=1S/C22H38N2Si/c1-5-6-7-8-9-13-16-21(17-18-25(2,3)4)23-24-19-22(24)20-14-11-10-12-15-20/h10-12,14-15,22H,5-9,13,16-19H2,1-4H3/b23-21-. The first-order valence-corrected chi connectivity index (χ1v) is 14.1. The minimum absolute atomic E-state index is 0.521. The van der Waals surface area contributed by atoms with Gasteiger partial charge in [-0.15, -0.1) is 0 Å². The molecule has 1 aliphatic heterocycles. The van der Waals surface area contributed by atoms with Gasteiger partial charge in [-0.3, -0.25) is 5.01 Å². The van der Waals surface area contributed by atoms with Gasteiger partial charge in [0, 0.05) is 13.8 Å². The highest BCUT2D eigenvalue weighted by molar-refractivity contribution is 6.76. The van der Waals surface area contributed by atoms with Gasteiger partial charge in [-0.05, 0) is 24.8 Å². The van der Waals surface area contributed by atoms with Crippen LogP contribution in [0.25, 0.3) is 0 Å². The van der Waals surface area contributed by atoms with Gasteiger partial charge in [0.05, 0.1) is 12.6 Å². The van der Waals surface area contributed by atoms with E-state index in [4.69, 9.17) is 5.10 Å². The van der Waals surface area contributed by atoms with E-state index in [9.17, 15) is 0 Å². The number of hydrazone groups is 1. The summed E-state index contributed by atoms with van der Waals surface area (Å²) in [5.74, 6) is 0. The second-order valence-electron chi connectivity index (χ2n) is 8.79. The van der Waals surface area contributed by atoms with Gasteiger partial charge in [0.25, 0.3) is 0 Å². The van der Waals surface area contributed by atoms with Crippen LogP contribution in [0.4, 0.5) is 0 Å². The summed E-state index contributed by atoms with van der Waals surface area (Å²) in [6.45, 7) is 10.8. The van der Waals surface area contributed by atoms with Crippen LogP contribution >= 0.6 is 0 Å². The molecule has 0 amide bonds. The van der Waals surface area contributed by atoms with E-state index < -0.39 is 8.07 Å². The van der Waals surface area contributed by atoms with Gasteiger partial charge in [-0.25, -0.2) is 0 Å². The molecule has 3 heteroatoms. The third kappa shape index (κ3) is 8.22. The van der Waals surface area contributed by atoms with Crippen molar-refractivity contribution in [3.8, 4) is 0 Å². The van der Waals surface area contributed by atoms with Crippen LogP contribution in [-0.4, -0.2) is 25.3 Å². The minimum atomic E-state index is -0.996. The highest BCUT2D eigenvalue weighted by Crippen LogP contribution is 2.35. The second-order valence-corrected chi connectivity index (χ2v) is 14.4. The summed E-state index contributed by atoms with van der Waals surface area (Å²) in [5, 5.41) is 7.35. The average molecular weight is 359 g/mol. The summed E-state index contributed by atoms with van der Waals surface area (Å²) in [4.78, 5) is 0. The predicted molar refractivity (Wildman–Crippen MR) is 114 cm³/mol. The van der Waals surface area contributed by atoms with E-state index >= 15 is 0 Å². The number of benzene rings is 1. The lowest BCUT2D eigenvalue weighted by Crippen LogP contribution is -2.21. The maximum atomic E-state index is 5.06. The zero-order chi connectivity index (χ0) is 18.1. The lowest BCUT2D eigenvalue weighted by Gasteiger charge is -2.16. The van der Waals surface area contributed by atoms with E-state index in [1.54, 1.807) is 0 Å². The van der Waals surface area contributed by atoms with Crippen molar-refractivity contribution in [1.82, 2.24) is 5.01 Å². The molecule has 1 aromatic carbocycles. The molecule has 0 spiro atoms. The molecule has 0 saturated carbocycles. The first kappa shape index (κ1) is 20.2. The Balaban J connectivity index is 1.83. The van der Waals surface area contributed by atoms with Crippen LogP contribution in [0.2, 0.25) is 25.7 Å². The van der Waals surface area contributed by atoms with Crippen molar-refractivity contribution in [1.29, 1.82) is 0 Å². The monoisotopic (exact) mass is 358 g/mol. The molecule has 0 aliphatic carbocycles. The van der Waals surface area contributed by atoms with Gasteiger partial charge in [0.15, 0.2) is 0 Å². The van der Waals surface area contributed by atoms with E-state index in [-0.39, 0.29) is 0 Å². The molecule has 0 radical (unpaired) electrons. The molecule has 0 aromatic heterocycles. The van der Waals surface area contributed by atoms with Crippen LogP contribution in [0.3, 0.4) is 0 Å². The van der Waals surface area contributed by atoms with Crippen molar-refractivity contribution in [2.75, 3.05) is 6.54 Å². The molecule has 2 nitrogen and oxygen atoms in total. The van der Waals surface area contributed by atoms with Gasteiger partial charge in [-0.1, -0.05) is 95.0 Å². The Bertz CT molecular complexity index is 519. The fraction of sp³-hybridized carbons (Fsp3) is 0.682. The molecule has 1 heterocycles. The van der Waals surface area contributed by atoms with Gasteiger partial charge >= 0.3 is 0 Å². The highest BCUT2D eigenvalue weighted by atomic mass is 28.3. The van der Waals surface area contributed by atoms with E-state index in [2.05, 4.69) is 61.9 Å². The zero-order valence-corrected chi connectivity index (χ0v) is 17.9. The number of hydrogen-bond donors (Lipinski definition) is 0. The van der Waals surface area contributed by atoms with Crippen LogP contribution in [-0.2, 0) is 0 Å². The van der Waals surface area contributed by atoms with Crippen molar-refractivity contribution in [3.05, 3.63) is 35.9 Å². The first-order valence-electron chi connectivity index (χ1n) is 10.4. The molecule has 2 rings (SSSR count). The molecule has 1 unspecified atom stereocenters. The molecule has 1 aromatic rings. The van der Waals surface area contributed by atoms with E-state index in [1.807, 2.05) is 0 Å². The lowest BCUT2D eigenvalue weighted by molar-refractivity contribution is 0.544. The van der Waals surface area contributed by atoms with E-state index in [0.29, 0.717) is 6.04 Å². The van der Waals surface area contributed by atoms with E-state index in [1.165, 1.54) is 68.7 Å². The number of rotatable bonds is 12. The SMILES string of the molecule is CCCCCCCC/C(CC[Si](C)(C)C)=N/N1CC1c1ccccc1. The Kier molecular flexibility index (Phi) is 8.21. The fourth-order valence-corrected chi connectivity index (χ4v) is 4.27. The normalized spacial score (nSPS) is 17.8. The Labute approximate surface area is 156 Å². The molecular weight excluding hydrogens is 320 g/mol. The quantitative estimate of drug-likeness (QED) is 0.172. The molecule has 1 saturated heterocycles. The summed E-state index contributed by atoms with van der Waals surface area (Å²) in [6.07, 6.45) is 10.6. The largest absolute Gasteiger partial charge is 0.285 e. The number of hydrogen-bond acceptors (Lipinski definition) is 2. The third-order valence-electron chi connectivity index (χ3n) is 5.02. The molecule has 25 heavy (non-hydrogen) atoms. The molecule has 1 aliphatic rings. The summed E-state index contributed by atoms with van der Waals surface area (Å²) >= 11 is 0. The lowest BCUT2D eigenvalue weighted by atomic mass is 10.1. The van der Waals surface area contributed by atoms with Crippen molar-refractivity contribution in [2.24, 2.45) is 5.10 Å². The topological polar surface area (TPSA) is 15.4 Å². The van der Waals surface area contributed by atoms with Crippen LogP contribution in [0.5, 0.6) is 0 Å². The van der Waals surface area contributed by atoms with Crippen LogP contribution in [0.1, 0.15) is 69.9 Å². The Hall–Kier alpha value is -1.09. The van der Waals surface area contributed by atoms with Crippen molar-refractivity contribution < 1.29 is 0 Å². The summed E-state index contributed by atoms with van der Waals surface area (Å²) < 4.78 is 0. The first-order chi connectivity index (χ1) is 12.0. The highest BCUT2D eigenvalue weighted by Gasteiger charge is 2.34.